The summed E-state index contributed by atoms with van der Waals surface area (Å²) in [6.45, 7) is 2.66. The highest BCUT2D eigenvalue weighted by molar-refractivity contribution is 5.88. The van der Waals surface area contributed by atoms with Crippen LogP contribution in [0.4, 0.5) is 0 Å². The van der Waals surface area contributed by atoms with Gasteiger partial charge in [-0.3, -0.25) is 0 Å². The van der Waals surface area contributed by atoms with Gasteiger partial charge in [0.1, 0.15) is 5.65 Å². The highest BCUT2D eigenvalue weighted by Crippen LogP contribution is 2.20. The number of fused-ring (bicyclic) bond motifs is 1. The second kappa shape index (κ2) is 5.91. The van der Waals surface area contributed by atoms with Crippen LogP contribution in [0.15, 0.2) is 55.0 Å². The van der Waals surface area contributed by atoms with Crippen LogP contribution in [0.3, 0.4) is 0 Å². The molecule has 0 spiro atoms. The fourth-order valence-corrected chi connectivity index (χ4v) is 2.41. The number of nitrogens with one attached hydrogen (secondary N) is 1. The summed E-state index contributed by atoms with van der Waals surface area (Å²) >= 11 is 0. The quantitative estimate of drug-likeness (QED) is 0.510. The van der Waals surface area contributed by atoms with Crippen LogP contribution in [0.1, 0.15) is 16.7 Å². The van der Waals surface area contributed by atoms with Gasteiger partial charge >= 0.3 is 0 Å². The third-order valence-corrected chi connectivity index (χ3v) is 3.56. The number of aryl methyl sites for hydroxylation is 1. The Morgan fingerprint density at radius 2 is 2.00 bits per heavy atom. The Morgan fingerprint density at radius 1 is 1.23 bits per heavy atom. The monoisotopic (exact) mass is 293 g/mol. The lowest BCUT2D eigenvalue weighted by atomic mass is 10.1. The minimum absolute atomic E-state index is 0.600. The van der Waals surface area contributed by atoms with E-state index in [9.17, 15) is 0 Å². The first kappa shape index (κ1) is 14.2. The number of H-pyrrole nitrogens is 1. The highest BCUT2D eigenvalue weighted by Gasteiger charge is 2.06. The first-order valence-electron chi connectivity index (χ1n) is 7.10. The van der Waals surface area contributed by atoms with E-state index >= 15 is 0 Å². The van der Waals surface area contributed by atoms with Crippen LogP contribution < -0.4 is 11.6 Å². The van der Waals surface area contributed by atoms with Gasteiger partial charge in [-0.25, -0.2) is 10.8 Å². The summed E-state index contributed by atoms with van der Waals surface area (Å²) in [6.07, 6.45) is 5.33. The van der Waals surface area contributed by atoms with Gasteiger partial charge in [-0.15, -0.1) is 0 Å². The van der Waals surface area contributed by atoms with Crippen LogP contribution >= 0.6 is 0 Å². The van der Waals surface area contributed by atoms with Crippen molar-refractivity contribution < 1.29 is 0 Å². The molecule has 3 rings (SSSR count). The maximum atomic E-state index is 6.20. The molecular weight excluding hydrogens is 274 g/mol. The predicted octanol–water partition coefficient (Wildman–Crippen LogP) is 2.50. The summed E-state index contributed by atoms with van der Waals surface area (Å²) in [7, 11) is 0. The molecule has 0 aliphatic heterocycles. The Kier molecular flexibility index (Phi) is 3.80. The zero-order chi connectivity index (χ0) is 15.5. The summed E-state index contributed by atoms with van der Waals surface area (Å²) in [5.74, 6) is 6.05. The first-order chi connectivity index (χ1) is 10.6. The molecular formula is C17H19N5. The smallest absolute Gasteiger partial charge is 0.137 e. The number of rotatable bonds is 4. The third-order valence-electron chi connectivity index (χ3n) is 3.56. The molecule has 1 aromatic carbocycles. The molecule has 5 heteroatoms. The summed E-state index contributed by atoms with van der Waals surface area (Å²) in [5, 5.41) is 2.58. The molecule has 0 aliphatic rings. The normalized spacial score (nSPS) is 11.8. The van der Waals surface area contributed by atoms with Gasteiger partial charge in [0.2, 0.25) is 0 Å². The number of nitrogens with zero attached hydrogens (tertiary/aromatic N) is 2. The van der Waals surface area contributed by atoms with E-state index in [4.69, 9.17) is 11.6 Å². The minimum Gasteiger partial charge on any atom is -0.397 e. The number of hydrogen-bond donors (Lipinski definition) is 3. The molecule has 0 aliphatic carbocycles. The fraction of sp³-hybridized carbons (Fsp3) is 0.118. The zero-order valence-corrected chi connectivity index (χ0v) is 12.5. The Bertz CT molecular complexity index is 801. The number of hydrogen-bond acceptors (Lipinski definition) is 4. The zero-order valence-electron chi connectivity index (χ0n) is 12.5. The van der Waals surface area contributed by atoms with Crippen molar-refractivity contribution in [2.24, 2.45) is 11.6 Å². The van der Waals surface area contributed by atoms with Crippen molar-refractivity contribution in [3.8, 4) is 0 Å². The van der Waals surface area contributed by atoms with Crippen molar-refractivity contribution in [3.05, 3.63) is 71.7 Å². The van der Waals surface area contributed by atoms with E-state index in [1.807, 2.05) is 18.3 Å². The fourth-order valence-electron chi connectivity index (χ4n) is 2.41. The van der Waals surface area contributed by atoms with Crippen molar-refractivity contribution in [2.75, 3.05) is 0 Å². The number of aromatic nitrogens is 2. The van der Waals surface area contributed by atoms with Crippen LogP contribution in [-0.2, 0) is 6.54 Å². The molecule has 0 fully saturated rings. The van der Waals surface area contributed by atoms with Gasteiger partial charge in [-0.2, -0.15) is 0 Å². The van der Waals surface area contributed by atoms with Crippen molar-refractivity contribution in [3.63, 3.8) is 0 Å². The lowest BCUT2D eigenvalue weighted by Gasteiger charge is -2.15. The molecule has 0 atom stereocenters. The van der Waals surface area contributed by atoms with E-state index in [1.54, 1.807) is 17.4 Å². The highest BCUT2D eigenvalue weighted by atomic mass is 15.4. The molecule has 5 nitrogen and oxygen atoms in total. The van der Waals surface area contributed by atoms with Crippen LogP contribution in [0.2, 0.25) is 0 Å². The lowest BCUT2D eigenvalue weighted by molar-refractivity contribution is 0.388. The molecule has 0 unspecified atom stereocenters. The second-order valence-corrected chi connectivity index (χ2v) is 5.34. The third kappa shape index (κ3) is 2.94. The van der Waals surface area contributed by atoms with Crippen LogP contribution in [0, 0.1) is 6.92 Å². The van der Waals surface area contributed by atoms with Crippen molar-refractivity contribution in [2.45, 2.75) is 13.5 Å². The SMILES string of the molecule is Cc1ccc(CN(N)/C=C(\N)c2ccnc3[nH]ccc23)cc1. The molecule has 3 aromatic rings. The molecule has 0 bridgehead atoms. The molecule has 2 heterocycles. The van der Waals surface area contributed by atoms with Gasteiger partial charge in [0.15, 0.2) is 0 Å². The van der Waals surface area contributed by atoms with Gasteiger partial charge in [0.05, 0.1) is 12.2 Å². The number of nitrogens with two attached hydrogens (primary N) is 2. The number of aromatic amines is 1. The number of pyridine rings is 1. The van der Waals surface area contributed by atoms with Crippen LogP contribution in [0.5, 0.6) is 0 Å². The van der Waals surface area contributed by atoms with E-state index in [0.717, 1.165) is 22.2 Å². The minimum atomic E-state index is 0.600. The molecule has 112 valence electrons. The number of benzene rings is 1. The Morgan fingerprint density at radius 3 is 2.77 bits per heavy atom. The van der Waals surface area contributed by atoms with Gasteiger partial charge in [0, 0.05) is 29.5 Å². The largest absolute Gasteiger partial charge is 0.397 e. The van der Waals surface area contributed by atoms with Gasteiger partial charge in [-0.1, -0.05) is 29.8 Å². The van der Waals surface area contributed by atoms with E-state index in [0.29, 0.717) is 12.2 Å². The molecule has 0 saturated heterocycles. The predicted molar refractivity (Wildman–Crippen MR) is 89.2 cm³/mol. The summed E-state index contributed by atoms with van der Waals surface area (Å²) in [5.41, 5.74) is 10.9. The van der Waals surface area contributed by atoms with E-state index in [-0.39, 0.29) is 0 Å². The van der Waals surface area contributed by atoms with E-state index in [1.165, 1.54) is 5.56 Å². The Labute approximate surface area is 129 Å². The molecule has 22 heavy (non-hydrogen) atoms. The van der Waals surface area contributed by atoms with E-state index in [2.05, 4.69) is 41.2 Å². The number of hydrazine groups is 1. The van der Waals surface area contributed by atoms with Crippen LogP contribution in [-0.4, -0.2) is 15.0 Å². The molecule has 5 N–H and O–H groups in total. The lowest BCUT2D eigenvalue weighted by Crippen LogP contribution is -2.25. The van der Waals surface area contributed by atoms with Gasteiger partial charge in [0.25, 0.3) is 0 Å². The maximum absolute atomic E-state index is 6.20. The summed E-state index contributed by atoms with van der Waals surface area (Å²) < 4.78 is 0. The van der Waals surface area contributed by atoms with E-state index < -0.39 is 0 Å². The molecule has 0 radical (unpaired) electrons. The summed E-state index contributed by atoms with van der Waals surface area (Å²) in [6, 6.07) is 12.1. The second-order valence-electron chi connectivity index (χ2n) is 5.34. The van der Waals surface area contributed by atoms with Crippen LogP contribution in [0.25, 0.3) is 16.7 Å². The standard InChI is InChI=1S/C17H19N5/c1-12-2-4-13(5-3-12)10-22(19)11-16(18)14-6-8-20-17-15(14)7-9-21-17/h2-9,11H,10,18-19H2,1H3,(H,20,21)/b16-11-. The topological polar surface area (TPSA) is 84.0 Å². The Hall–Kier alpha value is -2.79. The van der Waals surface area contributed by atoms with Crippen molar-refractivity contribution in [1.29, 1.82) is 0 Å². The maximum Gasteiger partial charge on any atom is 0.137 e. The van der Waals surface area contributed by atoms with Crippen molar-refractivity contribution in [1.82, 2.24) is 15.0 Å². The first-order valence-corrected chi connectivity index (χ1v) is 7.10. The van der Waals surface area contributed by atoms with Crippen molar-refractivity contribution >= 4 is 16.7 Å². The molecule has 0 amide bonds. The van der Waals surface area contributed by atoms with Gasteiger partial charge < -0.3 is 15.7 Å². The molecule has 0 saturated carbocycles. The average molecular weight is 293 g/mol. The summed E-state index contributed by atoms with van der Waals surface area (Å²) in [4.78, 5) is 7.33. The average Bonchev–Trinajstić information content (AvgIpc) is 2.97. The Balaban J connectivity index is 1.81. The molecule has 2 aromatic heterocycles. The van der Waals surface area contributed by atoms with Gasteiger partial charge in [-0.05, 0) is 24.6 Å².